The first-order chi connectivity index (χ1) is 10.4. The van der Waals surface area contributed by atoms with Crippen molar-refractivity contribution in [3.63, 3.8) is 0 Å². The molecule has 0 heterocycles. The summed E-state index contributed by atoms with van der Waals surface area (Å²) in [6.07, 6.45) is 0. The number of aliphatic imine (C=N–C) groups is 1. The minimum Gasteiger partial charge on any atom is -0.497 e. The Kier molecular flexibility index (Phi) is 4.84. The fraction of sp³-hybridized carbons (Fsp3) is 0.188. The first kappa shape index (κ1) is 16.5. The van der Waals surface area contributed by atoms with Crippen molar-refractivity contribution < 1.29 is 14.3 Å². The van der Waals surface area contributed by atoms with Crippen molar-refractivity contribution >= 4 is 40.6 Å². The molecule has 0 bridgehead atoms. The molecular weight excluding hydrogens is 325 g/mol. The largest absolute Gasteiger partial charge is 0.497 e. The fourth-order valence-corrected chi connectivity index (χ4v) is 2.41. The van der Waals surface area contributed by atoms with Crippen LogP contribution in [0.25, 0.3) is 0 Å². The third-order valence-corrected chi connectivity index (χ3v) is 4.23. The van der Waals surface area contributed by atoms with E-state index in [0.717, 1.165) is 0 Å². The minimum atomic E-state index is -0.450. The molecule has 0 fully saturated rings. The van der Waals surface area contributed by atoms with E-state index < -0.39 is 11.7 Å². The lowest BCUT2D eigenvalue weighted by Crippen LogP contribution is -2.19. The zero-order valence-corrected chi connectivity index (χ0v) is 13.7. The molecule has 0 radical (unpaired) electrons. The van der Waals surface area contributed by atoms with Gasteiger partial charge in [0, 0.05) is 5.56 Å². The van der Waals surface area contributed by atoms with Gasteiger partial charge in [0.25, 0.3) is 5.91 Å². The van der Waals surface area contributed by atoms with Gasteiger partial charge in [-0.25, -0.2) is 4.99 Å². The smallest absolute Gasteiger partial charge is 0.277 e. The van der Waals surface area contributed by atoms with Crippen LogP contribution in [0.5, 0.6) is 5.75 Å². The lowest BCUT2D eigenvalue weighted by atomic mass is 9.96. The number of nitrogens with zero attached hydrogens (tertiary/aromatic N) is 1. The molecule has 1 aromatic rings. The van der Waals surface area contributed by atoms with E-state index in [9.17, 15) is 9.59 Å². The van der Waals surface area contributed by atoms with Crippen LogP contribution >= 0.6 is 23.2 Å². The summed E-state index contributed by atoms with van der Waals surface area (Å²) in [5.74, 6) is -0.250. The third-order valence-electron chi connectivity index (χ3n) is 3.32. The number of halogens is 2. The number of amides is 1. The normalized spacial score (nSPS) is 15.3. The monoisotopic (exact) mass is 337 g/mol. The van der Waals surface area contributed by atoms with Crippen LogP contribution in [0.4, 0.5) is 0 Å². The average molecular weight is 338 g/mol. The summed E-state index contributed by atoms with van der Waals surface area (Å²) in [6.45, 7) is 3.26. The molecule has 1 aliphatic rings. The molecule has 22 heavy (non-hydrogen) atoms. The molecule has 0 spiro atoms. The van der Waals surface area contributed by atoms with Crippen LogP contribution in [-0.2, 0) is 4.79 Å². The van der Waals surface area contributed by atoms with E-state index in [0.29, 0.717) is 28.2 Å². The van der Waals surface area contributed by atoms with E-state index in [1.165, 1.54) is 0 Å². The second kappa shape index (κ2) is 6.46. The van der Waals surface area contributed by atoms with Crippen LogP contribution in [0.2, 0.25) is 0 Å². The molecule has 0 N–H and O–H groups in total. The number of ketones is 1. The molecule has 1 aromatic carbocycles. The average Bonchev–Trinajstić information content (AvgIpc) is 2.55. The molecule has 1 aliphatic carbocycles. The number of allylic oxidation sites excluding steroid dienone is 4. The first-order valence-electron chi connectivity index (χ1n) is 6.42. The van der Waals surface area contributed by atoms with Crippen LogP contribution in [0.1, 0.15) is 24.2 Å². The van der Waals surface area contributed by atoms with Crippen molar-refractivity contribution in [1.82, 2.24) is 0 Å². The standard InChI is InChI=1S/C16H13Cl2NO3/c1-8-12(17)15(20)13(18)9(2)14(8)19-16(21)10-4-6-11(22-3)7-5-10/h4-7H,1-3H3. The SMILES string of the molecule is COc1ccc(C(=O)N=C2C(C)=C(Cl)C(=O)C(Cl)=C2C)cc1. The maximum atomic E-state index is 12.3. The Morgan fingerprint density at radius 1 is 1.05 bits per heavy atom. The molecule has 2 rings (SSSR count). The van der Waals surface area contributed by atoms with Crippen molar-refractivity contribution in [2.75, 3.05) is 7.11 Å². The van der Waals surface area contributed by atoms with Crippen molar-refractivity contribution in [3.8, 4) is 5.75 Å². The molecule has 6 heteroatoms. The Bertz CT molecular complexity index is 713. The molecule has 0 atom stereocenters. The second-order valence-electron chi connectivity index (χ2n) is 4.70. The van der Waals surface area contributed by atoms with Crippen molar-refractivity contribution in [2.24, 2.45) is 4.99 Å². The highest BCUT2D eigenvalue weighted by Crippen LogP contribution is 2.30. The number of carbonyl (C=O) groups excluding carboxylic acids is 2. The maximum absolute atomic E-state index is 12.3. The summed E-state index contributed by atoms with van der Waals surface area (Å²) in [5, 5.41) is -0.0336. The molecule has 0 aliphatic heterocycles. The lowest BCUT2D eigenvalue weighted by molar-refractivity contribution is -0.111. The van der Waals surface area contributed by atoms with Crippen molar-refractivity contribution in [1.29, 1.82) is 0 Å². The number of Topliss-reactive ketones (excluding diaryl/α,β-unsaturated/α-hetero) is 1. The van der Waals surface area contributed by atoms with E-state index in [-0.39, 0.29) is 10.1 Å². The van der Waals surface area contributed by atoms with Gasteiger partial charge in [-0.1, -0.05) is 23.2 Å². The highest BCUT2D eigenvalue weighted by molar-refractivity contribution is 6.59. The lowest BCUT2D eigenvalue weighted by Gasteiger charge is -2.16. The summed E-state index contributed by atoms with van der Waals surface area (Å²) in [6, 6.07) is 6.56. The second-order valence-corrected chi connectivity index (χ2v) is 5.46. The van der Waals surface area contributed by atoms with Gasteiger partial charge in [-0.2, -0.15) is 0 Å². The summed E-state index contributed by atoms with van der Waals surface area (Å²) >= 11 is 11.9. The third kappa shape index (κ3) is 2.98. The van der Waals surface area contributed by atoms with E-state index in [1.807, 2.05) is 0 Å². The Balaban J connectivity index is 2.42. The summed E-state index contributed by atoms with van der Waals surface area (Å²) in [4.78, 5) is 28.1. The van der Waals surface area contributed by atoms with Gasteiger partial charge in [0.15, 0.2) is 0 Å². The minimum absolute atomic E-state index is 0.0168. The molecule has 1 amide bonds. The fourth-order valence-electron chi connectivity index (χ4n) is 1.99. The van der Waals surface area contributed by atoms with Gasteiger partial charge in [0.05, 0.1) is 22.9 Å². The quantitative estimate of drug-likeness (QED) is 0.769. The van der Waals surface area contributed by atoms with Crippen LogP contribution in [0.3, 0.4) is 0 Å². The number of methoxy groups -OCH3 is 1. The number of carbonyl (C=O) groups is 2. The van der Waals surface area contributed by atoms with Gasteiger partial charge >= 0.3 is 0 Å². The maximum Gasteiger partial charge on any atom is 0.277 e. The van der Waals surface area contributed by atoms with Crippen molar-refractivity contribution in [3.05, 3.63) is 51.0 Å². The molecular formula is C16H13Cl2NO3. The van der Waals surface area contributed by atoms with E-state index >= 15 is 0 Å². The number of hydrogen-bond acceptors (Lipinski definition) is 3. The van der Waals surface area contributed by atoms with Gasteiger partial charge in [-0.15, -0.1) is 0 Å². The molecule has 4 nitrogen and oxygen atoms in total. The van der Waals surface area contributed by atoms with Crippen LogP contribution in [-0.4, -0.2) is 24.5 Å². The summed E-state index contributed by atoms with van der Waals surface area (Å²) < 4.78 is 5.04. The Morgan fingerprint density at radius 2 is 1.55 bits per heavy atom. The van der Waals surface area contributed by atoms with Gasteiger partial charge < -0.3 is 4.74 Å². The molecule has 114 valence electrons. The predicted octanol–water partition coefficient (Wildman–Crippen LogP) is 3.88. The number of ether oxygens (including phenoxy) is 1. The Morgan fingerprint density at radius 3 is 2.00 bits per heavy atom. The molecule has 0 unspecified atom stereocenters. The Hall–Kier alpha value is -1.91. The van der Waals surface area contributed by atoms with Gasteiger partial charge in [0.1, 0.15) is 5.75 Å². The van der Waals surface area contributed by atoms with E-state index in [2.05, 4.69) is 4.99 Å². The number of rotatable bonds is 2. The predicted molar refractivity (Wildman–Crippen MR) is 86.9 cm³/mol. The van der Waals surface area contributed by atoms with Gasteiger partial charge in [0.2, 0.25) is 5.78 Å². The Labute approximate surface area is 138 Å². The molecule has 0 saturated carbocycles. The topological polar surface area (TPSA) is 55.7 Å². The zero-order valence-electron chi connectivity index (χ0n) is 12.2. The molecule has 0 aromatic heterocycles. The summed E-state index contributed by atoms with van der Waals surface area (Å²) in [5.41, 5.74) is 1.61. The first-order valence-corrected chi connectivity index (χ1v) is 7.17. The van der Waals surface area contributed by atoms with Crippen LogP contribution in [0, 0.1) is 0 Å². The van der Waals surface area contributed by atoms with Gasteiger partial charge in [-0.3, -0.25) is 9.59 Å². The van der Waals surface area contributed by atoms with Gasteiger partial charge in [-0.05, 0) is 49.3 Å². The molecule has 0 saturated heterocycles. The van der Waals surface area contributed by atoms with Crippen LogP contribution < -0.4 is 4.74 Å². The zero-order chi connectivity index (χ0) is 16.4. The highest BCUT2D eigenvalue weighted by atomic mass is 35.5. The highest BCUT2D eigenvalue weighted by Gasteiger charge is 2.27. The van der Waals surface area contributed by atoms with E-state index in [1.54, 1.807) is 45.2 Å². The number of benzene rings is 1. The van der Waals surface area contributed by atoms with Crippen LogP contribution in [0.15, 0.2) is 50.5 Å². The van der Waals surface area contributed by atoms with E-state index in [4.69, 9.17) is 27.9 Å². The van der Waals surface area contributed by atoms with Crippen molar-refractivity contribution in [2.45, 2.75) is 13.8 Å². The number of hydrogen-bond donors (Lipinski definition) is 0. The summed E-state index contributed by atoms with van der Waals surface area (Å²) in [7, 11) is 1.54.